The van der Waals surface area contributed by atoms with Gasteiger partial charge in [0.1, 0.15) is 0 Å². The summed E-state index contributed by atoms with van der Waals surface area (Å²) in [6, 6.07) is 0. The fourth-order valence-electron chi connectivity index (χ4n) is 0.854. The summed E-state index contributed by atoms with van der Waals surface area (Å²) in [5.41, 5.74) is 5.12. The van der Waals surface area contributed by atoms with Crippen molar-refractivity contribution in [1.82, 2.24) is 4.72 Å². The molecule has 4 N–H and O–H groups in total. The molecule has 0 aromatic carbocycles. The van der Waals surface area contributed by atoms with Crippen molar-refractivity contribution >= 4 is 15.9 Å². The maximum Gasteiger partial charge on any atom is 0.211 e. The number of amidine groups is 1. The Bertz CT molecular complexity index is 304. The zero-order chi connectivity index (χ0) is 12.1. The first kappa shape index (κ1) is 14.4. The Labute approximate surface area is 92.0 Å². The molecule has 5 nitrogen and oxygen atoms in total. The van der Waals surface area contributed by atoms with Crippen LogP contribution in [0.4, 0.5) is 0 Å². The first-order valence-corrected chi connectivity index (χ1v) is 6.58. The molecule has 0 fully saturated rings. The maximum atomic E-state index is 11.4. The van der Waals surface area contributed by atoms with E-state index in [4.69, 9.17) is 11.1 Å². The van der Waals surface area contributed by atoms with Gasteiger partial charge in [0.25, 0.3) is 0 Å². The molecule has 90 valence electrons. The number of rotatable bonds is 6. The highest BCUT2D eigenvalue weighted by atomic mass is 32.2. The minimum Gasteiger partial charge on any atom is -0.388 e. The Morgan fingerprint density at radius 1 is 1.40 bits per heavy atom. The lowest BCUT2D eigenvalue weighted by Gasteiger charge is -2.17. The molecule has 0 atom stereocenters. The van der Waals surface area contributed by atoms with E-state index in [9.17, 15) is 8.42 Å². The molecule has 0 radical (unpaired) electrons. The van der Waals surface area contributed by atoms with Crippen LogP contribution in [0.1, 0.15) is 33.6 Å². The predicted octanol–water partition coefficient (Wildman–Crippen LogP) is 0.668. The third kappa shape index (κ3) is 9.68. The largest absolute Gasteiger partial charge is 0.388 e. The Morgan fingerprint density at radius 2 is 1.93 bits per heavy atom. The van der Waals surface area contributed by atoms with Crippen LogP contribution in [0, 0.1) is 10.8 Å². The first-order valence-electron chi connectivity index (χ1n) is 4.93. The van der Waals surface area contributed by atoms with Crippen LogP contribution in [0.2, 0.25) is 0 Å². The highest BCUT2D eigenvalue weighted by molar-refractivity contribution is 7.89. The summed E-state index contributed by atoms with van der Waals surface area (Å²) in [7, 11) is -3.21. The topological polar surface area (TPSA) is 96.0 Å². The molecule has 0 aromatic heterocycles. The van der Waals surface area contributed by atoms with Crippen molar-refractivity contribution in [1.29, 1.82) is 5.41 Å². The fraction of sp³-hybridized carbons (Fsp3) is 0.889. The van der Waals surface area contributed by atoms with Crippen molar-refractivity contribution in [3.8, 4) is 0 Å². The van der Waals surface area contributed by atoms with Crippen LogP contribution in [0.25, 0.3) is 0 Å². The molecular weight excluding hydrogens is 214 g/mol. The van der Waals surface area contributed by atoms with E-state index in [1.807, 2.05) is 20.8 Å². The molecule has 0 unspecified atom stereocenters. The lowest BCUT2D eigenvalue weighted by molar-refractivity contribution is 0.396. The Balaban J connectivity index is 3.94. The molecule has 0 aliphatic rings. The zero-order valence-corrected chi connectivity index (χ0v) is 10.4. The van der Waals surface area contributed by atoms with E-state index in [1.165, 1.54) is 0 Å². The molecule has 15 heavy (non-hydrogen) atoms. The van der Waals surface area contributed by atoms with Gasteiger partial charge in [-0.25, -0.2) is 13.1 Å². The average Bonchev–Trinajstić information content (AvgIpc) is 1.99. The third-order valence-electron chi connectivity index (χ3n) is 1.84. The molecule has 0 aliphatic carbocycles. The molecule has 0 rings (SSSR count). The van der Waals surface area contributed by atoms with E-state index in [2.05, 4.69) is 4.72 Å². The van der Waals surface area contributed by atoms with E-state index in [0.29, 0.717) is 6.42 Å². The molecule has 0 heterocycles. The summed E-state index contributed by atoms with van der Waals surface area (Å²) in [5.74, 6) is 0.113. The second-order valence-corrected chi connectivity index (χ2v) is 6.73. The summed E-state index contributed by atoms with van der Waals surface area (Å²) < 4.78 is 25.3. The van der Waals surface area contributed by atoms with Gasteiger partial charge >= 0.3 is 0 Å². The minimum atomic E-state index is -3.21. The van der Waals surface area contributed by atoms with Crippen molar-refractivity contribution in [2.75, 3.05) is 12.3 Å². The highest BCUT2D eigenvalue weighted by Crippen LogP contribution is 2.18. The van der Waals surface area contributed by atoms with Crippen LogP contribution in [0.3, 0.4) is 0 Å². The van der Waals surface area contributed by atoms with Crippen LogP contribution in [0.15, 0.2) is 0 Å². The molecule has 0 amide bonds. The molecule has 6 heteroatoms. The molecule has 0 saturated carbocycles. The van der Waals surface area contributed by atoms with Gasteiger partial charge in [-0.1, -0.05) is 20.8 Å². The van der Waals surface area contributed by atoms with Crippen molar-refractivity contribution in [3.05, 3.63) is 0 Å². The van der Waals surface area contributed by atoms with Gasteiger partial charge in [0, 0.05) is 13.0 Å². The standard InChI is InChI=1S/C9H21N3O2S/c1-9(2,3)5-7-15(13,14)12-6-4-8(10)11/h12H,4-7H2,1-3H3,(H3,10,11). The fourth-order valence-corrected chi connectivity index (χ4v) is 2.29. The van der Waals surface area contributed by atoms with Crippen LogP contribution in [-0.2, 0) is 10.0 Å². The van der Waals surface area contributed by atoms with Gasteiger partial charge in [-0.3, -0.25) is 5.41 Å². The van der Waals surface area contributed by atoms with Gasteiger partial charge < -0.3 is 5.73 Å². The number of nitrogens with two attached hydrogens (primary N) is 1. The van der Waals surface area contributed by atoms with Crippen LogP contribution in [0.5, 0.6) is 0 Å². The van der Waals surface area contributed by atoms with E-state index in [1.54, 1.807) is 0 Å². The quantitative estimate of drug-likeness (QED) is 0.466. The van der Waals surface area contributed by atoms with Crippen molar-refractivity contribution in [3.63, 3.8) is 0 Å². The third-order valence-corrected chi connectivity index (χ3v) is 3.22. The average molecular weight is 235 g/mol. The second kappa shape index (κ2) is 5.46. The van der Waals surface area contributed by atoms with Gasteiger partial charge in [0.2, 0.25) is 10.0 Å². The van der Waals surface area contributed by atoms with E-state index >= 15 is 0 Å². The smallest absolute Gasteiger partial charge is 0.211 e. The summed E-state index contributed by atoms with van der Waals surface area (Å²) in [6.07, 6.45) is 0.872. The van der Waals surface area contributed by atoms with Crippen molar-refractivity contribution in [2.45, 2.75) is 33.6 Å². The van der Waals surface area contributed by atoms with E-state index < -0.39 is 10.0 Å². The molecule has 0 saturated heterocycles. The molecule has 0 spiro atoms. The summed E-state index contributed by atoms with van der Waals surface area (Å²) in [6.45, 7) is 6.20. The molecule has 0 aliphatic heterocycles. The van der Waals surface area contributed by atoms with Gasteiger partial charge in [-0.15, -0.1) is 0 Å². The van der Waals surface area contributed by atoms with E-state index in [-0.39, 0.29) is 30.0 Å². The van der Waals surface area contributed by atoms with Crippen LogP contribution >= 0.6 is 0 Å². The Morgan fingerprint density at radius 3 is 2.33 bits per heavy atom. The Kier molecular flexibility index (Phi) is 5.23. The number of hydrogen-bond acceptors (Lipinski definition) is 3. The molecule has 0 aromatic rings. The number of hydrogen-bond donors (Lipinski definition) is 3. The predicted molar refractivity (Wildman–Crippen MR) is 62.4 cm³/mol. The first-order chi connectivity index (χ1) is 6.62. The Hall–Kier alpha value is -0.620. The van der Waals surface area contributed by atoms with Gasteiger partial charge in [0.15, 0.2) is 0 Å². The highest BCUT2D eigenvalue weighted by Gasteiger charge is 2.16. The van der Waals surface area contributed by atoms with Crippen LogP contribution in [-0.4, -0.2) is 26.6 Å². The summed E-state index contributed by atoms with van der Waals surface area (Å²) >= 11 is 0. The molecular formula is C9H21N3O2S. The van der Waals surface area contributed by atoms with Crippen LogP contribution < -0.4 is 10.5 Å². The van der Waals surface area contributed by atoms with Crippen molar-refractivity contribution in [2.24, 2.45) is 11.1 Å². The lowest BCUT2D eigenvalue weighted by atomic mass is 9.94. The van der Waals surface area contributed by atoms with Gasteiger partial charge in [-0.2, -0.15) is 0 Å². The SMILES string of the molecule is CC(C)(C)CCS(=O)(=O)NCCC(=N)N. The monoisotopic (exact) mass is 235 g/mol. The summed E-state index contributed by atoms with van der Waals surface area (Å²) in [5, 5.41) is 6.95. The normalized spacial score (nSPS) is 12.7. The second-order valence-electron chi connectivity index (χ2n) is 4.80. The zero-order valence-electron chi connectivity index (χ0n) is 9.63. The van der Waals surface area contributed by atoms with Crippen molar-refractivity contribution < 1.29 is 8.42 Å². The number of nitrogens with one attached hydrogen (secondary N) is 2. The minimum absolute atomic E-state index is 0.00600. The summed E-state index contributed by atoms with van der Waals surface area (Å²) in [4.78, 5) is 0. The van der Waals surface area contributed by atoms with E-state index in [0.717, 1.165) is 0 Å². The van der Waals surface area contributed by atoms with Gasteiger partial charge in [-0.05, 0) is 11.8 Å². The lowest BCUT2D eigenvalue weighted by Crippen LogP contribution is -2.31. The maximum absolute atomic E-state index is 11.4. The molecule has 0 bridgehead atoms. The number of sulfonamides is 1. The van der Waals surface area contributed by atoms with Gasteiger partial charge in [0.05, 0.1) is 11.6 Å².